The lowest BCUT2D eigenvalue weighted by Crippen LogP contribution is -2.46. The van der Waals surface area contributed by atoms with Crippen LogP contribution in [0, 0.1) is 0 Å². The number of carboxylic acid groups (broad SMARTS) is 1. The molecule has 0 radical (unpaired) electrons. The summed E-state index contributed by atoms with van der Waals surface area (Å²) in [4.78, 5) is 17.4. The molecule has 0 aliphatic rings. The molecule has 22 heteroatoms. The molecule has 1 atom stereocenters. The number of para-hydroxylation sites is 1. The van der Waals surface area contributed by atoms with Gasteiger partial charge in [0.15, 0.2) is 11.8 Å². The van der Waals surface area contributed by atoms with Gasteiger partial charge in [0.1, 0.15) is 27.0 Å². The second-order valence-corrected chi connectivity index (χ2v) is 17.9. The normalized spacial score (nSPS) is 12.3. The number of fused-ring (bicyclic) bond motifs is 1. The van der Waals surface area contributed by atoms with E-state index < -0.39 is 55.1 Å². The smallest absolute Gasteiger partial charge is 0.404 e. The number of rotatable bonds is 19. The van der Waals surface area contributed by atoms with E-state index in [1.54, 1.807) is 91.0 Å². The molecule has 0 aliphatic carbocycles. The van der Waals surface area contributed by atoms with Crippen LogP contribution in [-0.4, -0.2) is 108 Å². The zero-order chi connectivity index (χ0) is 45.6. The number of aliphatic hydroxyl groups is 1. The average molecular weight is 913 g/mol. The Balaban J connectivity index is 1.54. The third-order valence-electron chi connectivity index (χ3n) is 10.2. The summed E-state index contributed by atoms with van der Waals surface area (Å²) in [5.41, 5.74) is 9.00. The fourth-order valence-electron chi connectivity index (χ4n) is 7.00. The molecule has 0 fully saturated rings. The van der Waals surface area contributed by atoms with Crippen molar-refractivity contribution < 1.29 is 46.1 Å². The van der Waals surface area contributed by atoms with E-state index >= 15 is 8.42 Å². The predicted molar refractivity (Wildman–Crippen MR) is 234 cm³/mol. The lowest BCUT2D eigenvalue weighted by molar-refractivity contribution is 0.190. The van der Waals surface area contributed by atoms with Crippen molar-refractivity contribution in [3.8, 4) is 39.8 Å². The predicted octanol–water partition coefficient (Wildman–Crippen LogP) is 3.84. The Morgan fingerprint density at radius 1 is 0.812 bits per heavy atom. The van der Waals surface area contributed by atoms with E-state index in [2.05, 4.69) is 35.5 Å². The zero-order valence-electron chi connectivity index (χ0n) is 34.7. The van der Waals surface area contributed by atoms with Crippen LogP contribution in [0.15, 0.2) is 113 Å². The highest BCUT2D eigenvalue weighted by atomic mass is 32.2. The van der Waals surface area contributed by atoms with E-state index in [-0.39, 0.29) is 42.5 Å². The fourth-order valence-corrected chi connectivity index (χ4v) is 10.6. The van der Waals surface area contributed by atoms with Crippen LogP contribution in [-0.2, 0) is 39.7 Å². The summed E-state index contributed by atoms with van der Waals surface area (Å²) in [5, 5.41) is 34.1. The number of benzene rings is 5. The Bertz CT molecular complexity index is 2930. The molecule has 7 aromatic rings. The number of methoxy groups -OCH3 is 3. The number of nitrogen functional groups attached to an aromatic ring is 1. The number of amides is 1. The summed E-state index contributed by atoms with van der Waals surface area (Å²) in [6.07, 6.45) is -1.47. The van der Waals surface area contributed by atoms with Gasteiger partial charge in [-0.25, -0.2) is 36.0 Å². The van der Waals surface area contributed by atoms with Crippen LogP contribution < -0.4 is 30.0 Å². The molecule has 2 heterocycles. The third kappa shape index (κ3) is 9.75. The van der Waals surface area contributed by atoms with Gasteiger partial charge in [-0.05, 0) is 81.2 Å². The van der Waals surface area contributed by atoms with Gasteiger partial charge in [-0.15, -0.1) is 5.10 Å². The summed E-state index contributed by atoms with van der Waals surface area (Å²) in [6.45, 7) is -1.94. The maximum absolute atomic E-state index is 16.0. The lowest BCUT2D eigenvalue weighted by Gasteiger charge is -2.27. The quantitative estimate of drug-likeness (QED) is 0.0673. The second kappa shape index (κ2) is 19.1. The first-order valence-corrected chi connectivity index (χ1v) is 22.3. The van der Waals surface area contributed by atoms with Gasteiger partial charge in [0.25, 0.3) is 0 Å². The average Bonchev–Trinajstić information content (AvgIpc) is 3.93. The van der Waals surface area contributed by atoms with Crippen LogP contribution in [0.1, 0.15) is 16.7 Å². The zero-order valence-corrected chi connectivity index (χ0v) is 36.3. The van der Waals surface area contributed by atoms with Crippen LogP contribution in [0.4, 0.5) is 10.7 Å². The number of tetrazole rings is 1. The molecule has 0 saturated carbocycles. The van der Waals surface area contributed by atoms with Gasteiger partial charge in [0.2, 0.25) is 20.0 Å². The van der Waals surface area contributed by atoms with Crippen molar-refractivity contribution in [2.75, 3.05) is 40.2 Å². The van der Waals surface area contributed by atoms with Crippen LogP contribution in [0.3, 0.4) is 0 Å². The molecule has 0 saturated heterocycles. The van der Waals surface area contributed by atoms with Gasteiger partial charge in [0, 0.05) is 25.2 Å². The Labute approximate surface area is 367 Å². The molecule has 1 amide bonds. The maximum Gasteiger partial charge on any atom is 0.404 e. The van der Waals surface area contributed by atoms with Gasteiger partial charge in [-0.2, -0.15) is 4.31 Å². The first-order chi connectivity index (χ1) is 30.7. The maximum atomic E-state index is 16.0. The topological polar surface area (TPSA) is 279 Å². The number of aromatic amines is 1. The lowest BCUT2D eigenvalue weighted by atomic mass is 9.97. The first-order valence-electron chi connectivity index (χ1n) is 19.4. The van der Waals surface area contributed by atoms with Gasteiger partial charge < -0.3 is 40.5 Å². The molecule has 20 nitrogen and oxygen atoms in total. The largest absolute Gasteiger partial charge is 0.497 e. The summed E-state index contributed by atoms with van der Waals surface area (Å²) in [7, 11) is -5.49. The van der Waals surface area contributed by atoms with Crippen LogP contribution >= 0.6 is 0 Å². The fraction of sp³-hybridized carbons (Fsp3) is 0.214. The van der Waals surface area contributed by atoms with Gasteiger partial charge >= 0.3 is 6.09 Å². The van der Waals surface area contributed by atoms with Crippen LogP contribution in [0.5, 0.6) is 17.2 Å². The van der Waals surface area contributed by atoms with Crippen LogP contribution in [0.25, 0.3) is 33.5 Å². The van der Waals surface area contributed by atoms with Crippen molar-refractivity contribution in [3.05, 3.63) is 120 Å². The monoisotopic (exact) mass is 912 g/mol. The molecule has 0 bridgehead atoms. The van der Waals surface area contributed by atoms with Crippen molar-refractivity contribution >= 4 is 43.1 Å². The molecule has 7 N–H and O–H groups in total. The van der Waals surface area contributed by atoms with E-state index in [9.17, 15) is 23.4 Å². The molecule has 64 heavy (non-hydrogen) atoms. The first kappa shape index (κ1) is 44.9. The number of carbonyl (C=O) groups is 1. The van der Waals surface area contributed by atoms with E-state index in [0.29, 0.717) is 50.5 Å². The number of imidazole rings is 1. The number of hydrogen-bond acceptors (Lipinski definition) is 14. The standard InChI is InChI=1S/C42H44N10O10S2/c1-60-30-13-7-26(8-14-30)22-51(23-27-9-15-31(61-2)16-10-27)64(58,59)39-36(63(56,57)48-29(25-53)21-44-42(54)55)20-19-33(34-5-4-6-35-38(34)46-41(43)45-35)37(39)40-47-49-50-52(40)24-28-11-17-32(62-3)18-12-28/h4-20,29,44,48,53H,21-25H2,1-3H3,(H,54,55)(H3,43,45,46). The molecular weight excluding hydrogens is 869 g/mol. The minimum absolute atomic E-state index is 0.00507. The number of aromatic nitrogens is 6. The third-order valence-corrected chi connectivity index (χ3v) is 13.7. The Morgan fingerprint density at radius 3 is 1.94 bits per heavy atom. The Morgan fingerprint density at radius 2 is 1.39 bits per heavy atom. The van der Waals surface area contributed by atoms with E-state index in [1.165, 1.54) is 32.1 Å². The SMILES string of the molecule is COc1ccc(CN(Cc2ccc(OC)cc2)S(=O)(=O)c2c(S(=O)(=O)NC(CO)CNC(=O)O)ccc(-c3cccc4[nH]c(N)nc34)c2-c2nnnn2Cc2ccc(OC)cc2)cc1. The summed E-state index contributed by atoms with van der Waals surface area (Å²) < 4.78 is 82.5. The minimum atomic E-state index is -5.04. The van der Waals surface area contributed by atoms with E-state index in [1.807, 2.05) is 0 Å². The highest BCUT2D eigenvalue weighted by molar-refractivity contribution is 7.92. The summed E-state index contributed by atoms with van der Waals surface area (Å²) in [6, 6.07) is 26.6. The van der Waals surface area contributed by atoms with E-state index in [0.717, 1.165) is 10.4 Å². The summed E-state index contributed by atoms with van der Waals surface area (Å²) in [5.74, 6) is 1.56. The van der Waals surface area contributed by atoms with E-state index in [4.69, 9.17) is 19.9 Å². The molecular formula is C42H44N10O10S2. The minimum Gasteiger partial charge on any atom is -0.497 e. The molecule has 5 aromatic carbocycles. The Hall–Kier alpha value is -7.11. The van der Waals surface area contributed by atoms with Crippen molar-refractivity contribution in [3.63, 3.8) is 0 Å². The van der Waals surface area contributed by atoms with Crippen molar-refractivity contribution in [1.29, 1.82) is 0 Å². The number of nitrogens with one attached hydrogen (secondary N) is 3. The molecule has 0 aliphatic heterocycles. The second-order valence-electron chi connectivity index (χ2n) is 14.3. The molecule has 0 spiro atoms. The number of nitrogens with zero attached hydrogens (tertiary/aromatic N) is 6. The number of H-pyrrole nitrogens is 1. The number of nitrogens with two attached hydrogens (primary N) is 1. The highest BCUT2D eigenvalue weighted by Gasteiger charge is 2.39. The van der Waals surface area contributed by atoms with Crippen molar-refractivity contribution in [1.82, 2.24) is 44.5 Å². The van der Waals surface area contributed by atoms with Gasteiger partial charge in [-0.1, -0.05) is 54.6 Å². The number of sulfonamides is 2. The molecule has 334 valence electrons. The number of ether oxygens (including phenoxy) is 3. The number of hydrogen-bond donors (Lipinski definition) is 6. The van der Waals surface area contributed by atoms with Crippen molar-refractivity contribution in [2.45, 2.75) is 35.5 Å². The summed E-state index contributed by atoms with van der Waals surface area (Å²) >= 11 is 0. The van der Waals surface area contributed by atoms with Gasteiger partial charge in [-0.3, -0.25) is 0 Å². The van der Waals surface area contributed by atoms with Gasteiger partial charge in [0.05, 0.1) is 57.1 Å². The molecule has 1 unspecified atom stereocenters. The number of anilines is 1. The highest BCUT2D eigenvalue weighted by Crippen LogP contribution is 2.43. The van der Waals surface area contributed by atoms with Crippen molar-refractivity contribution in [2.24, 2.45) is 0 Å². The molecule has 7 rings (SSSR count). The number of aliphatic hydroxyl groups excluding tert-OH is 1. The molecule has 2 aromatic heterocycles. The van der Waals surface area contributed by atoms with Crippen LogP contribution in [0.2, 0.25) is 0 Å². The Kier molecular flexibility index (Phi) is 13.4.